The van der Waals surface area contributed by atoms with Crippen molar-refractivity contribution in [3.8, 4) is 5.75 Å². The molecule has 0 aliphatic heterocycles. The first kappa shape index (κ1) is 15.2. The third-order valence-electron chi connectivity index (χ3n) is 4.55. The van der Waals surface area contributed by atoms with Gasteiger partial charge in [-0.05, 0) is 56.1 Å². The fourth-order valence-electron chi connectivity index (χ4n) is 3.97. The lowest BCUT2D eigenvalue weighted by Gasteiger charge is -2.40. The first-order valence-corrected chi connectivity index (χ1v) is 7.73. The summed E-state index contributed by atoms with van der Waals surface area (Å²) in [7, 11) is 1.75. The van der Waals surface area contributed by atoms with Crippen molar-refractivity contribution in [1.29, 1.82) is 0 Å². The molecule has 20 heavy (non-hydrogen) atoms. The van der Waals surface area contributed by atoms with Crippen LogP contribution in [0.4, 0.5) is 5.69 Å². The van der Waals surface area contributed by atoms with Gasteiger partial charge < -0.3 is 10.1 Å². The number of aryl methyl sites for hydroxylation is 1. The van der Waals surface area contributed by atoms with Crippen LogP contribution in [-0.2, 0) is 0 Å². The minimum Gasteiger partial charge on any atom is -0.496 e. The summed E-state index contributed by atoms with van der Waals surface area (Å²) in [5.41, 5.74) is 4.09. The predicted molar refractivity (Wildman–Crippen MR) is 86.7 cm³/mol. The van der Waals surface area contributed by atoms with Crippen LogP contribution in [0.15, 0.2) is 12.1 Å². The number of hydrogen-bond acceptors (Lipinski definition) is 2. The molecule has 0 spiro atoms. The number of nitrogens with one attached hydrogen (secondary N) is 1. The Bertz CT molecular complexity index is 479. The zero-order valence-corrected chi connectivity index (χ0v) is 13.8. The molecule has 1 aromatic carbocycles. The van der Waals surface area contributed by atoms with Crippen molar-refractivity contribution in [2.75, 3.05) is 12.4 Å². The Balaban J connectivity index is 2.18. The van der Waals surface area contributed by atoms with Crippen molar-refractivity contribution in [1.82, 2.24) is 0 Å². The molecule has 0 radical (unpaired) electrons. The van der Waals surface area contributed by atoms with Crippen molar-refractivity contribution < 1.29 is 4.74 Å². The molecule has 0 amide bonds. The molecule has 2 nitrogen and oxygen atoms in total. The van der Waals surface area contributed by atoms with Gasteiger partial charge in [0.2, 0.25) is 0 Å². The third kappa shape index (κ3) is 3.28. The number of benzene rings is 1. The molecule has 1 aliphatic rings. The molecule has 1 fully saturated rings. The third-order valence-corrected chi connectivity index (χ3v) is 4.55. The van der Waals surface area contributed by atoms with Crippen molar-refractivity contribution in [3.63, 3.8) is 0 Å². The fourth-order valence-corrected chi connectivity index (χ4v) is 3.97. The van der Waals surface area contributed by atoms with E-state index in [1.165, 1.54) is 36.1 Å². The van der Waals surface area contributed by atoms with Gasteiger partial charge in [0.15, 0.2) is 0 Å². The Morgan fingerprint density at radius 3 is 2.50 bits per heavy atom. The maximum absolute atomic E-state index is 5.53. The van der Waals surface area contributed by atoms with Crippen LogP contribution in [0.2, 0.25) is 0 Å². The van der Waals surface area contributed by atoms with Crippen LogP contribution in [0.1, 0.15) is 51.2 Å². The molecule has 2 heteroatoms. The minimum atomic E-state index is 0.442. The molecule has 2 unspecified atom stereocenters. The average molecular weight is 275 g/mol. The van der Waals surface area contributed by atoms with Crippen LogP contribution in [0.25, 0.3) is 0 Å². The highest BCUT2D eigenvalue weighted by atomic mass is 16.5. The van der Waals surface area contributed by atoms with E-state index in [1.807, 2.05) is 0 Å². The van der Waals surface area contributed by atoms with Gasteiger partial charge in [0.05, 0.1) is 7.11 Å². The number of anilines is 1. The molecule has 0 bridgehead atoms. The van der Waals surface area contributed by atoms with E-state index in [1.54, 1.807) is 7.11 Å². The molecule has 2 rings (SSSR count). The first-order valence-electron chi connectivity index (χ1n) is 7.73. The summed E-state index contributed by atoms with van der Waals surface area (Å²) < 4.78 is 5.53. The van der Waals surface area contributed by atoms with Crippen LogP contribution >= 0.6 is 0 Å². The summed E-state index contributed by atoms with van der Waals surface area (Å²) in [5, 5.41) is 3.76. The Labute approximate surface area is 123 Å². The van der Waals surface area contributed by atoms with Gasteiger partial charge in [0.25, 0.3) is 0 Å². The Kier molecular flexibility index (Phi) is 4.31. The topological polar surface area (TPSA) is 21.3 Å². The molecule has 0 aromatic heterocycles. The van der Waals surface area contributed by atoms with E-state index in [-0.39, 0.29) is 0 Å². The standard InChI is InChI=1S/C18H29NO/c1-12-9-15(11-18(4,5)10-12)19-16-8-7-13(2)17(20-6)14(16)3/h7-8,12,15,19H,9-11H2,1-6H3. The first-order chi connectivity index (χ1) is 9.32. The largest absolute Gasteiger partial charge is 0.496 e. The smallest absolute Gasteiger partial charge is 0.126 e. The van der Waals surface area contributed by atoms with Gasteiger partial charge in [-0.1, -0.05) is 26.8 Å². The SMILES string of the molecule is COc1c(C)ccc(NC2CC(C)CC(C)(C)C2)c1C. The van der Waals surface area contributed by atoms with E-state index in [9.17, 15) is 0 Å². The van der Waals surface area contributed by atoms with Crippen LogP contribution in [0, 0.1) is 25.2 Å². The molecular formula is C18H29NO. The Morgan fingerprint density at radius 1 is 1.20 bits per heavy atom. The number of ether oxygens (including phenoxy) is 1. The van der Waals surface area contributed by atoms with E-state index < -0.39 is 0 Å². The quantitative estimate of drug-likeness (QED) is 0.843. The summed E-state index contributed by atoms with van der Waals surface area (Å²) in [4.78, 5) is 0. The van der Waals surface area contributed by atoms with Gasteiger partial charge in [-0.3, -0.25) is 0 Å². The normalized spacial score (nSPS) is 25.3. The van der Waals surface area contributed by atoms with E-state index in [2.05, 4.69) is 52.1 Å². The molecule has 112 valence electrons. The van der Waals surface area contributed by atoms with Crippen LogP contribution in [-0.4, -0.2) is 13.2 Å². The molecule has 1 aliphatic carbocycles. The Morgan fingerprint density at radius 2 is 1.90 bits per heavy atom. The van der Waals surface area contributed by atoms with Gasteiger partial charge in [-0.15, -0.1) is 0 Å². The zero-order valence-electron chi connectivity index (χ0n) is 13.8. The zero-order chi connectivity index (χ0) is 14.9. The van der Waals surface area contributed by atoms with Crippen LogP contribution in [0.5, 0.6) is 5.75 Å². The predicted octanol–water partition coefficient (Wildman–Crippen LogP) is 4.94. The second-order valence-corrected chi connectivity index (χ2v) is 7.34. The lowest BCUT2D eigenvalue weighted by atomic mass is 9.70. The molecule has 0 heterocycles. The molecule has 0 saturated heterocycles. The number of methoxy groups -OCH3 is 1. The summed E-state index contributed by atoms with van der Waals surface area (Å²) in [6.45, 7) is 11.4. The van der Waals surface area contributed by atoms with Gasteiger partial charge in [-0.2, -0.15) is 0 Å². The van der Waals surface area contributed by atoms with Crippen LogP contribution in [0.3, 0.4) is 0 Å². The molecule has 1 aromatic rings. The summed E-state index contributed by atoms with van der Waals surface area (Å²) in [5.74, 6) is 1.81. The second kappa shape index (κ2) is 5.67. The lowest BCUT2D eigenvalue weighted by molar-refractivity contribution is 0.178. The summed E-state index contributed by atoms with van der Waals surface area (Å²) in [6.07, 6.45) is 3.84. The summed E-state index contributed by atoms with van der Waals surface area (Å²) in [6, 6.07) is 4.91. The molecule has 1 N–H and O–H groups in total. The second-order valence-electron chi connectivity index (χ2n) is 7.34. The van der Waals surface area contributed by atoms with E-state index in [0.717, 1.165) is 11.7 Å². The monoisotopic (exact) mass is 275 g/mol. The van der Waals surface area contributed by atoms with Gasteiger partial charge in [0, 0.05) is 17.3 Å². The van der Waals surface area contributed by atoms with Gasteiger partial charge >= 0.3 is 0 Å². The van der Waals surface area contributed by atoms with Crippen molar-refractivity contribution in [2.45, 2.75) is 59.9 Å². The van der Waals surface area contributed by atoms with Crippen LogP contribution < -0.4 is 10.1 Å². The number of rotatable bonds is 3. The van der Waals surface area contributed by atoms with E-state index >= 15 is 0 Å². The fraction of sp³-hybridized carbons (Fsp3) is 0.667. The van der Waals surface area contributed by atoms with E-state index in [0.29, 0.717) is 11.5 Å². The Hall–Kier alpha value is -1.18. The van der Waals surface area contributed by atoms with Gasteiger partial charge in [0.1, 0.15) is 5.75 Å². The highest BCUT2D eigenvalue weighted by molar-refractivity contribution is 5.60. The molecular weight excluding hydrogens is 246 g/mol. The molecule has 2 atom stereocenters. The average Bonchev–Trinajstić information content (AvgIpc) is 2.31. The minimum absolute atomic E-state index is 0.442. The molecule has 1 saturated carbocycles. The maximum Gasteiger partial charge on any atom is 0.126 e. The lowest BCUT2D eigenvalue weighted by Crippen LogP contribution is -2.35. The van der Waals surface area contributed by atoms with Crippen molar-refractivity contribution in [2.24, 2.45) is 11.3 Å². The van der Waals surface area contributed by atoms with Crippen molar-refractivity contribution in [3.05, 3.63) is 23.3 Å². The van der Waals surface area contributed by atoms with E-state index in [4.69, 9.17) is 4.74 Å². The maximum atomic E-state index is 5.53. The summed E-state index contributed by atoms with van der Waals surface area (Å²) >= 11 is 0. The number of hydrogen-bond donors (Lipinski definition) is 1. The highest BCUT2D eigenvalue weighted by Gasteiger charge is 2.32. The van der Waals surface area contributed by atoms with Gasteiger partial charge in [-0.25, -0.2) is 0 Å². The van der Waals surface area contributed by atoms with Crippen molar-refractivity contribution >= 4 is 5.69 Å². The highest BCUT2D eigenvalue weighted by Crippen LogP contribution is 2.40.